The van der Waals surface area contributed by atoms with Crippen molar-refractivity contribution in [1.82, 2.24) is 5.32 Å². The van der Waals surface area contributed by atoms with Crippen LogP contribution in [0.15, 0.2) is 100 Å². The molecule has 10 heteroatoms. The number of benzene rings is 4. The van der Waals surface area contributed by atoms with Crippen molar-refractivity contribution in [2.24, 2.45) is 4.99 Å². The van der Waals surface area contributed by atoms with E-state index in [9.17, 15) is 4.79 Å². The average Bonchev–Trinajstić information content (AvgIpc) is 3.50. The van der Waals surface area contributed by atoms with Gasteiger partial charge in [-0.1, -0.05) is 40.2 Å². The van der Waals surface area contributed by atoms with Gasteiger partial charge in [-0.15, -0.1) is 0 Å². The maximum absolute atomic E-state index is 14.6. The molecule has 4 aromatic rings. The molecule has 246 valence electrons. The summed E-state index contributed by atoms with van der Waals surface area (Å²) in [6, 6.07) is 28.4. The topological polar surface area (TPSA) is 108 Å². The molecule has 5 rings (SSSR count). The quantitative estimate of drug-likeness (QED) is 0.144. The van der Waals surface area contributed by atoms with E-state index in [1.54, 1.807) is 21.3 Å². The molecule has 0 saturated heterocycles. The summed E-state index contributed by atoms with van der Waals surface area (Å²) < 4.78 is 29.8. The van der Waals surface area contributed by atoms with Gasteiger partial charge in [0.25, 0.3) is 5.91 Å². The van der Waals surface area contributed by atoms with Gasteiger partial charge in [-0.25, -0.2) is 4.99 Å². The van der Waals surface area contributed by atoms with Crippen molar-refractivity contribution >= 4 is 27.7 Å². The van der Waals surface area contributed by atoms with Crippen LogP contribution in [-0.4, -0.2) is 63.5 Å². The summed E-state index contributed by atoms with van der Waals surface area (Å²) in [6.45, 7) is 0.799. The third-order valence-electron chi connectivity index (χ3n) is 7.98. The van der Waals surface area contributed by atoms with Gasteiger partial charge < -0.3 is 34.1 Å². The van der Waals surface area contributed by atoms with Crippen LogP contribution in [0.4, 0.5) is 0 Å². The number of aliphatic hydroxyl groups excluding tert-OH is 1. The monoisotopic (exact) mass is 702 g/mol. The molecule has 1 heterocycles. The molecule has 9 nitrogen and oxygen atoms in total. The first kappa shape index (κ1) is 33.8. The molecular weight excluding hydrogens is 664 g/mol. The SMILES string of the molecule is COc1cccc([C@H]2OC(c3ccc(OCCCO)cc3)=N[C@@]2(Cc2ccc(Br)cc2)C(=O)NCCc2cc(OC)ccc2OC)c1. The van der Waals surface area contributed by atoms with Crippen LogP contribution in [0.2, 0.25) is 0 Å². The summed E-state index contributed by atoms with van der Waals surface area (Å²) in [5.41, 5.74) is 1.94. The minimum Gasteiger partial charge on any atom is -0.497 e. The lowest BCUT2D eigenvalue weighted by Crippen LogP contribution is -2.50. The van der Waals surface area contributed by atoms with Crippen molar-refractivity contribution in [1.29, 1.82) is 0 Å². The van der Waals surface area contributed by atoms with Gasteiger partial charge in [0.1, 0.15) is 23.0 Å². The summed E-state index contributed by atoms with van der Waals surface area (Å²) in [4.78, 5) is 19.7. The van der Waals surface area contributed by atoms with Gasteiger partial charge in [-0.05, 0) is 89.8 Å². The highest BCUT2D eigenvalue weighted by molar-refractivity contribution is 9.10. The molecule has 0 unspecified atom stereocenters. The van der Waals surface area contributed by atoms with Crippen LogP contribution >= 0.6 is 15.9 Å². The van der Waals surface area contributed by atoms with Crippen LogP contribution in [0.25, 0.3) is 0 Å². The molecule has 0 spiro atoms. The summed E-state index contributed by atoms with van der Waals surface area (Å²) in [5, 5.41) is 12.3. The smallest absolute Gasteiger partial charge is 0.252 e. The number of methoxy groups -OCH3 is 3. The molecule has 0 aromatic heterocycles. The van der Waals surface area contributed by atoms with Crippen molar-refractivity contribution in [3.63, 3.8) is 0 Å². The lowest BCUT2D eigenvalue weighted by molar-refractivity contribution is -0.128. The Hall–Kier alpha value is -4.54. The molecule has 0 bridgehead atoms. The Morgan fingerprint density at radius 3 is 2.34 bits per heavy atom. The van der Waals surface area contributed by atoms with Crippen LogP contribution < -0.4 is 24.3 Å². The number of nitrogens with one attached hydrogen (secondary N) is 1. The van der Waals surface area contributed by atoms with Crippen LogP contribution in [0.5, 0.6) is 23.0 Å². The number of carbonyl (C=O) groups is 1. The van der Waals surface area contributed by atoms with Gasteiger partial charge >= 0.3 is 0 Å². The Kier molecular flexibility index (Phi) is 11.4. The van der Waals surface area contributed by atoms with E-state index in [2.05, 4.69) is 21.2 Å². The minimum atomic E-state index is -1.36. The minimum absolute atomic E-state index is 0.0595. The van der Waals surface area contributed by atoms with Gasteiger partial charge in [-0.2, -0.15) is 0 Å². The summed E-state index contributed by atoms with van der Waals surface area (Å²) in [7, 11) is 4.84. The number of aliphatic imine (C=N–C) groups is 1. The van der Waals surface area contributed by atoms with Crippen molar-refractivity contribution in [2.45, 2.75) is 30.9 Å². The molecule has 0 aliphatic carbocycles. The molecule has 0 fully saturated rings. The standard InChI is InChI=1S/C37H39BrN2O7/c1-43-31-7-4-6-28(23-31)34-37(24-25-8-12-29(38)13-9-25,36(42)39-19-18-27-22-32(44-2)16-17-33(27)45-3)40-35(47-34)26-10-14-30(15-11-26)46-21-5-20-41/h4,6-17,22-23,34,41H,5,18-21,24H2,1-3H3,(H,39,42)/t34-,37-/m1/s1. The molecule has 47 heavy (non-hydrogen) atoms. The van der Waals surface area contributed by atoms with E-state index < -0.39 is 11.6 Å². The van der Waals surface area contributed by atoms with Gasteiger partial charge in [0, 0.05) is 36.0 Å². The fourth-order valence-electron chi connectivity index (χ4n) is 5.54. The summed E-state index contributed by atoms with van der Waals surface area (Å²) in [6.07, 6.45) is 0.572. The second kappa shape index (κ2) is 15.8. The number of rotatable bonds is 15. The maximum atomic E-state index is 14.6. The number of amides is 1. The Labute approximate surface area is 283 Å². The predicted octanol–water partition coefficient (Wildman–Crippen LogP) is 6.09. The largest absolute Gasteiger partial charge is 0.497 e. The van der Waals surface area contributed by atoms with E-state index in [-0.39, 0.29) is 18.9 Å². The first-order valence-corrected chi connectivity index (χ1v) is 16.2. The molecule has 4 aromatic carbocycles. The van der Waals surface area contributed by atoms with Crippen molar-refractivity contribution in [3.8, 4) is 23.0 Å². The number of halogens is 1. The number of aliphatic hydroxyl groups is 1. The van der Waals surface area contributed by atoms with Crippen LogP contribution in [0, 0.1) is 0 Å². The fourth-order valence-corrected chi connectivity index (χ4v) is 5.81. The normalized spacial score (nSPS) is 17.0. The van der Waals surface area contributed by atoms with Crippen molar-refractivity contribution in [2.75, 3.05) is 41.1 Å². The van der Waals surface area contributed by atoms with Crippen LogP contribution in [0.3, 0.4) is 0 Å². The van der Waals surface area contributed by atoms with Gasteiger partial charge in [0.15, 0.2) is 11.6 Å². The number of carbonyl (C=O) groups excluding carboxylic acids is 1. The Morgan fingerprint density at radius 1 is 0.915 bits per heavy atom. The second-order valence-electron chi connectivity index (χ2n) is 11.1. The summed E-state index contributed by atoms with van der Waals surface area (Å²) in [5.74, 6) is 2.81. The summed E-state index contributed by atoms with van der Waals surface area (Å²) >= 11 is 3.52. The molecule has 0 radical (unpaired) electrons. The zero-order valence-corrected chi connectivity index (χ0v) is 28.3. The maximum Gasteiger partial charge on any atom is 0.252 e. The van der Waals surface area contributed by atoms with E-state index in [0.29, 0.717) is 60.5 Å². The first-order valence-electron chi connectivity index (χ1n) is 15.4. The third-order valence-corrected chi connectivity index (χ3v) is 8.51. The highest BCUT2D eigenvalue weighted by Crippen LogP contribution is 2.43. The van der Waals surface area contributed by atoms with Crippen molar-refractivity contribution < 1.29 is 33.6 Å². The fraction of sp³-hybridized carbons (Fsp3) is 0.297. The third kappa shape index (κ3) is 8.07. The van der Waals surface area contributed by atoms with Gasteiger partial charge in [0.05, 0.1) is 27.9 Å². The predicted molar refractivity (Wildman–Crippen MR) is 184 cm³/mol. The van der Waals surface area contributed by atoms with Gasteiger partial charge in [-0.3, -0.25) is 4.79 Å². The van der Waals surface area contributed by atoms with E-state index >= 15 is 0 Å². The van der Waals surface area contributed by atoms with E-state index in [0.717, 1.165) is 21.2 Å². The molecule has 1 aliphatic rings. The molecule has 1 amide bonds. The van der Waals surface area contributed by atoms with E-state index in [4.69, 9.17) is 33.8 Å². The zero-order valence-electron chi connectivity index (χ0n) is 26.7. The Balaban J connectivity index is 1.52. The van der Waals surface area contributed by atoms with E-state index in [1.807, 2.05) is 91.0 Å². The highest BCUT2D eigenvalue weighted by atomic mass is 79.9. The number of nitrogens with zero attached hydrogens (tertiary/aromatic N) is 1. The van der Waals surface area contributed by atoms with Crippen LogP contribution in [-0.2, 0) is 22.4 Å². The number of ether oxygens (including phenoxy) is 5. The number of hydrogen-bond donors (Lipinski definition) is 2. The van der Waals surface area contributed by atoms with Gasteiger partial charge in [0.2, 0.25) is 5.90 Å². The average molecular weight is 704 g/mol. The first-order chi connectivity index (χ1) is 22.9. The molecule has 2 atom stereocenters. The highest BCUT2D eigenvalue weighted by Gasteiger charge is 2.53. The lowest BCUT2D eigenvalue weighted by atomic mass is 9.82. The number of hydrogen-bond acceptors (Lipinski definition) is 8. The molecule has 0 saturated carbocycles. The van der Waals surface area contributed by atoms with Crippen molar-refractivity contribution in [3.05, 3.63) is 118 Å². The van der Waals surface area contributed by atoms with E-state index in [1.165, 1.54) is 0 Å². The van der Waals surface area contributed by atoms with Crippen LogP contribution in [0.1, 0.15) is 34.8 Å². The molecule has 2 N–H and O–H groups in total. The molecular formula is C37H39BrN2O7. The Morgan fingerprint density at radius 2 is 1.64 bits per heavy atom. The lowest BCUT2D eigenvalue weighted by Gasteiger charge is -2.31. The molecule has 1 aliphatic heterocycles. The Bertz CT molecular complexity index is 1680. The second-order valence-corrected chi connectivity index (χ2v) is 12.0. The zero-order chi connectivity index (χ0) is 33.2.